The van der Waals surface area contributed by atoms with Gasteiger partial charge in [-0.3, -0.25) is 0 Å². The van der Waals surface area contributed by atoms with E-state index in [1.165, 1.54) is 12.1 Å². The molecule has 2 N–H and O–H groups in total. The van der Waals surface area contributed by atoms with E-state index in [2.05, 4.69) is 10.3 Å². The highest BCUT2D eigenvalue weighted by Gasteiger charge is 2.14. The van der Waals surface area contributed by atoms with Crippen molar-refractivity contribution in [2.75, 3.05) is 0 Å². The summed E-state index contributed by atoms with van der Waals surface area (Å²) in [5, 5.41) is 0. The Balaban J connectivity index is 0.000000437. The number of nitrogens with zero attached hydrogens (tertiary/aromatic N) is 1. The number of rotatable bonds is 2. The first kappa shape index (κ1) is 15.3. The van der Waals surface area contributed by atoms with E-state index in [9.17, 15) is 13.2 Å². The molecule has 1 unspecified atom stereocenters. The Bertz CT molecular complexity index is 480. The summed E-state index contributed by atoms with van der Waals surface area (Å²) < 4.78 is 57.2. The maximum Gasteiger partial charge on any atom is 0.327 e. The van der Waals surface area contributed by atoms with Crippen molar-refractivity contribution in [3.63, 3.8) is 0 Å². The molecule has 1 aromatic rings. The van der Waals surface area contributed by atoms with Crippen molar-refractivity contribution in [1.82, 2.24) is 0 Å². The van der Waals surface area contributed by atoms with Crippen LogP contribution in [0.1, 0.15) is 11.7 Å². The van der Waals surface area contributed by atoms with Gasteiger partial charge in [0.15, 0.2) is 12.0 Å². The number of hydrogen-bond acceptors (Lipinski definition) is 3. The number of benzene rings is 1. The van der Waals surface area contributed by atoms with Gasteiger partial charge in [-0.2, -0.15) is 8.42 Å². The van der Waals surface area contributed by atoms with Gasteiger partial charge in [0.1, 0.15) is 6.33 Å². The van der Waals surface area contributed by atoms with E-state index in [0.29, 0.717) is 0 Å². The predicted octanol–water partition coefficient (Wildman–Crippen LogP) is 2.40. The average Bonchev–Trinajstić information content (AvgIpc) is 2.38. The van der Waals surface area contributed by atoms with Crippen LogP contribution in [-0.4, -0.2) is 8.42 Å². The normalized spacial score (nSPS) is 12.1. The zero-order valence-corrected chi connectivity index (χ0v) is 9.24. The van der Waals surface area contributed by atoms with Gasteiger partial charge in [-0.15, -0.1) is 0 Å². The summed E-state index contributed by atoms with van der Waals surface area (Å²) >= 11 is 0. The number of allylic oxidation sites excluding steroid dienone is 1. The second-order valence-corrected chi connectivity index (χ2v) is 3.23. The molecule has 8 heteroatoms. The van der Waals surface area contributed by atoms with Gasteiger partial charge in [0.2, 0.25) is 0 Å². The fraction of sp³-hybridized carbons (Fsp3) is 0.111. The summed E-state index contributed by atoms with van der Waals surface area (Å²) in [6.45, 7) is 0. The van der Waals surface area contributed by atoms with Crippen molar-refractivity contribution >= 4 is 10.5 Å². The van der Waals surface area contributed by atoms with Gasteiger partial charge >= 0.3 is 10.5 Å². The molecule has 4 nitrogen and oxygen atoms in total. The Morgan fingerprint density at radius 2 is 1.82 bits per heavy atom. The molecule has 1 rings (SSSR count). The molecule has 1 aromatic carbocycles. The molecule has 0 aliphatic carbocycles. The number of alkyl halides is 1. The zero-order chi connectivity index (χ0) is 13.3. The molecule has 0 bridgehead atoms. The third-order valence-corrected chi connectivity index (χ3v) is 1.70. The van der Waals surface area contributed by atoms with Crippen LogP contribution >= 0.6 is 0 Å². The van der Waals surface area contributed by atoms with Gasteiger partial charge in [-0.05, 0) is 5.56 Å². The summed E-state index contributed by atoms with van der Waals surface area (Å²) in [5.74, 6) is 2.78. The first-order chi connectivity index (χ1) is 8.02. The van der Waals surface area contributed by atoms with Crippen LogP contribution < -0.4 is 5.84 Å². The molecule has 0 aliphatic rings. The van der Waals surface area contributed by atoms with Crippen LogP contribution in [0.25, 0.3) is 0 Å². The lowest BCUT2D eigenvalue weighted by Gasteiger charge is -2.03. The fourth-order valence-corrected chi connectivity index (χ4v) is 0.837. The first-order valence-corrected chi connectivity index (χ1v) is 5.21. The summed E-state index contributed by atoms with van der Waals surface area (Å²) in [4.78, 5) is 0. The van der Waals surface area contributed by atoms with Gasteiger partial charge in [0, 0.05) is 0 Å². The average molecular weight is 266 g/mol. The van der Waals surface area contributed by atoms with Gasteiger partial charge in [0.25, 0.3) is 0 Å². The Kier molecular flexibility index (Phi) is 7.65. The molecule has 0 amide bonds. The van der Waals surface area contributed by atoms with E-state index in [1.54, 1.807) is 18.2 Å². The Hall–Kier alpha value is -1.67. The SMILES string of the molecule is FC=C(F)C(F)c1ccccc1.NN=S(=O)=O. The largest absolute Gasteiger partial charge is 0.327 e. The molecule has 0 saturated carbocycles. The van der Waals surface area contributed by atoms with Crippen molar-refractivity contribution < 1.29 is 21.6 Å². The molecular weight excluding hydrogens is 257 g/mol. The van der Waals surface area contributed by atoms with E-state index < -0.39 is 22.5 Å². The van der Waals surface area contributed by atoms with E-state index in [4.69, 9.17) is 8.42 Å². The third-order valence-electron chi connectivity index (χ3n) is 1.52. The topological polar surface area (TPSA) is 72.5 Å². The Morgan fingerprint density at radius 3 is 2.18 bits per heavy atom. The molecule has 0 spiro atoms. The molecule has 94 valence electrons. The summed E-state index contributed by atoms with van der Waals surface area (Å²) in [7, 11) is -2.42. The minimum Gasteiger partial charge on any atom is -0.234 e. The highest BCUT2D eigenvalue weighted by molar-refractivity contribution is 7.61. The van der Waals surface area contributed by atoms with Gasteiger partial charge in [0.05, 0.1) is 0 Å². The molecule has 0 radical (unpaired) electrons. The second-order valence-electron chi connectivity index (χ2n) is 2.59. The van der Waals surface area contributed by atoms with Gasteiger partial charge < -0.3 is 0 Å². The van der Waals surface area contributed by atoms with Crippen LogP contribution in [0.15, 0.2) is 47.0 Å². The van der Waals surface area contributed by atoms with Crippen molar-refractivity contribution in [2.45, 2.75) is 6.17 Å². The van der Waals surface area contributed by atoms with Crippen LogP contribution in [0.5, 0.6) is 0 Å². The van der Waals surface area contributed by atoms with Crippen molar-refractivity contribution in [3.05, 3.63) is 48.1 Å². The molecule has 0 aromatic heterocycles. The predicted molar refractivity (Wildman–Crippen MR) is 56.1 cm³/mol. The Labute approximate surface area is 97.2 Å². The van der Waals surface area contributed by atoms with Crippen molar-refractivity contribution in [2.24, 2.45) is 10.3 Å². The maximum absolute atomic E-state index is 12.8. The molecule has 1 atom stereocenters. The summed E-state index contributed by atoms with van der Waals surface area (Å²) in [5.41, 5.74) is 0.115. The lowest BCUT2D eigenvalue weighted by molar-refractivity contribution is 0.326. The quantitative estimate of drug-likeness (QED) is 0.660. The molecular formula is C9H9F3N2O2S. The standard InChI is InChI=1S/C9H7F3.H2N2O2S/c10-6-8(11)9(12)7-4-2-1-3-5-7;1-2-5(3)4/h1-6,9H;1H2. The number of halogens is 3. The van der Waals surface area contributed by atoms with E-state index >= 15 is 0 Å². The van der Waals surface area contributed by atoms with E-state index in [1.807, 2.05) is 0 Å². The molecule has 0 fully saturated rings. The monoisotopic (exact) mass is 266 g/mol. The Morgan fingerprint density at radius 1 is 1.35 bits per heavy atom. The van der Waals surface area contributed by atoms with Crippen LogP contribution in [0.2, 0.25) is 0 Å². The molecule has 17 heavy (non-hydrogen) atoms. The lowest BCUT2D eigenvalue weighted by Crippen LogP contribution is -1.90. The summed E-state index contributed by atoms with van der Waals surface area (Å²) in [6.07, 6.45) is -2.35. The van der Waals surface area contributed by atoms with E-state index in [-0.39, 0.29) is 11.9 Å². The van der Waals surface area contributed by atoms with Crippen LogP contribution in [-0.2, 0) is 10.5 Å². The second kappa shape index (κ2) is 8.48. The summed E-state index contributed by atoms with van der Waals surface area (Å²) in [6, 6.07) is 7.59. The maximum atomic E-state index is 12.8. The zero-order valence-electron chi connectivity index (χ0n) is 8.42. The van der Waals surface area contributed by atoms with Crippen LogP contribution in [0, 0.1) is 0 Å². The number of nitrogens with two attached hydrogens (primary N) is 1. The smallest absolute Gasteiger partial charge is 0.234 e. The molecule has 0 saturated heterocycles. The third kappa shape index (κ3) is 6.48. The van der Waals surface area contributed by atoms with Gasteiger partial charge in [-0.25, -0.2) is 19.0 Å². The lowest BCUT2D eigenvalue weighted by atomic mass is 10.1. The highest BCUT2D eigenvalue weighted by atomic mass is 32.2. The fourth-order valence-electron chi connectivity index (χ4n) is 0.837. The van der Waals surface area contributed by atoms with E-state index in [0.717, 1.165) is 0 Å². The van der Waals surface area contributed by atoms with Crippen LogP contribution in [0.3, 0.4) is 0 Å². The van der Waals surface area contributed by atoms with Crippen LogP contribution in [0.4, 0.5) is 13.2 Å². The molecule has 0 heterocycles. The first-order valence-electron chi connectivity index (χ1n) is 4.18. The van der Waals surface area contributed by atoms with Gasteiger partial charge in [-0.1, -0.05) is 34.8 Å². The minimum absolute atomic E-state index is 0.115. The minimum atomic E-state index is -2.42. The van der Waals surface area contributed by atoms with Crippen molar-refractivity contribution in [3.8, 4) is 0 Å². The number of hydrogen-bond donors (Lipinski definition) is 1. The molecule has 0 aliphatic heterocycles. The van der Waals surface area contributed by atoms with Crippen molar-refractivity contribution in [1.29, 1.82) is 0 Å². The highest BCUT2D eigenvalue weighted by Crippen LogP contribution is 2.26.